The molecule has 1 rings (SSSR count). The van der Waals surface area contributed by atoms with E-state index in [2.05, 4.69) is 17.1 Å². The van der Waals surface area contributed by atoms with Crippen LogP contribution in [0.2, 0.25) is 0 Å². The van der Waals surface area contributed by atoms with E-state index < -0.39 is 0 Å². The Kier molecular flexibility index (Phi) is 4.01. The lowest BCUT2D eigenvalue weighted by Gasteiger charge is -2.24. The van der Waals surface area contributed by atoms with Crippen LogP contribution in [0, 0.1) is 0 Å². The Hall–Kier alpha value is -0.630. The van der Waals surface area contributed by atoms with Gasteiger partial charge in [-0.05, 0) is 13.3 Å². The minimum atomic E-state index is 0.428. The molecule has 0 aromatic heterocycles. The van der Waals surface area contributed by atoms with Crippen molar-refractivity contribution in [3.63, 3.8) is 0 Å². The molecule has 1 saturated heterocycles. The van der Waals surface area contributed by atoms with Crippen LogP contribution in [-0.2, 0) is 4.79 Å². The third kappa shape index (κ3) is 3.18. The van der Waals surface area contributed by atoms with Gasteiger partial charge in [-0.15, -0.1) is 0 Å². The smallest absolute Gasteiger partial charge is 0.135 e. The van der Waals surface area contributed by atoms with E-state index in [0.29, 0.717) is 5.78 Å². The van der Waals surface area contributed by atoms with Gasteiger partial charge in [-0.1, -0.05) is 12.2 Å². The lowest BCUT2D eigenvalue weighted by atomic mass is 10.1. The molecule has 1 fully saturated rings. The van der Waals surface area contributed by atoms with Crippen LogP contribution in [0.25, 0.3) is 0 Å². The van der Waals surface area contributed by atoms with Crippen molar-refractivity contribution in [3.05, 3.63) is 12.2 Å². The number of allylic oxidation sites excluding steroid dienone is 1. The van der Waals surface area contributed by atoms with E-state index in [-0.39, 0.29) is 0 Å². The Morgan fingerprint density at radius 2 is 2.08 bits per heavy atom. The fourth-order valence-electron chi connectivity index (χ4n) is 1.45. The zero-order valence-electron chi connectivity index (χ0n) is 7.75. The second-order valence-electron chi connectivity index (χ2n) is 3.24. The first-order valence-corrected chi connectivity index (χ1v) is 4.68. The molecule has 0 spiro atoms. The number of piperidine rings is 1. The number of hydrogen-bond donors (Lipinski definition) is 0. The summed E-state index contributed by atoms with van der Waals surface area (Å²) >= 11 is 0. The highest BCUT2D eigenvalue weighted by molar-refractivity contribution is 5.79. The van der Waals surface area contributed by atoms with Gasteiger partial charge in [0.2, 0.25) is 0 Å². The number of nitrogens with zero attached hydrogens (tertiary/aromatic N) is 1. The molecule has 1 aliphatic heterocycles. The van der Waals surface area contributed by atoms with Crippen molar-refractivity contribution in [2.24, 2.45) is 0 Å². The Balaban J connectivity index is 2.13. The van der Waals surface area contributed by atoms with Crippen LogP contribution in [0.15, 0.2) is 12.2 Å². The molecular weight excluding hydrogens is 150 g/mol. The van der Waals surface area contributed by atoms with E-state index in [9.17, 15) is 4.79 Å². The monoisotopic (exact) mass is 167 g/mol. The van der Waals surface area contributed by atoms with E-state index in [4.69, 9.17) is 0 Å². The topological polar surface area (TPSA) is 20.3 Å². The maximum atomic E-state index is 10.9. The average molecular weight is 167 g/mol. The lowest BCUT2D eigenvalue weighted by Crippen LogP contribution is -2.34. The lowest BCUT2D eigenvalue weighted by molar-refractivity contribution is -0.121. The molecule has 2 nitrogen and oxygen atoms in total. The summed E-state index contributed by atoms with van der Waals surface area (Å²) in [5.74, 6) is 0.428. The van der Waals surface area contributed by atoms with Gasteiger partial charge in [0, 0.05) is 32.5 Å². The fraction of sp³-hybridized carbons (Fsp3) is 0.700. The summed E-state index contributed by atoms with van der Waals surface area (Å²) in [6.45, 7) is 5.09. The molecule has 2 heteroatoms. The summed E-state index contributed by atoms with van der Waals surface area (Å²) < 4.78 is 0. The molecule has 1 heterocycles. The molecule has 0 aliphatic carbocycles. The predicted molar refractivity (Wildman–Crippen MR) is 50.1 cm³/mol. The van der Waals surface area contributed by atoms with Crippen molar-refractivity contribution in [2.75, 3.05) is 19.6 Å². The van der Waals surface area contributed by atoms with Crippen molar-refractivity contribution < 1.29 is 4.79 Å². The van der Waals surface area contributed by atoms with Crippen LogP contribution < -0.4 is 0 Å². The molecule has 0 aromatic rings. The normalized spacial score (nSPS) is 20.6. The van der Waals surface area contributed by atoms with Gasteiger partial charge >= 0.3 is 0 Å². The summed E-state index contributed by atoms with van der Waals surface area (Å²) in [7, 11) is 0. The molecule has 0 N–H and O–H groups in total. The fourth-order valence-corrected chi connectivity index (χ4v) is 1.45. The quantitative estimate of drug-likeness (QED) is 0.595. The second-order valence-corrected chi connectivity index (χ2v) is 3.24. The summed E-state index contributed by atoms with van der Waals surface area (Å²) in [5.41, 5.74) is 0. The van der Waals surface area contributed by atoms with E-state index >= 15 is 0 Å². The summed E-state index contributed by atoms with van der Waals surface area (Å²) in [6, 6.07) is 0. The van der Waals surface area contributed by atoms with Crippen molar-refractivity contribution in [3.8, 4) is 0 Å². The molecule has 1 aliphatic rings. The molecule has 0 amide bonds. The standard InChI is InChI=1S/C10H17NO/c1-2-3-4-7-11-8-5-10(12)6-9-11/h2-3H,4-9H2,1H3/b3-2+. The minimum absolute atomic E-state index is 0.428. The third-order valence-electron chi connectivity index (χ3n) is 2.26. The number of rotatable bonds is 3. The number of hydrogen-bond acceptors (Lipinski definition) is 2. The highest BCUT2D eigenvalue weighted by Crippen LogP contribution is 2.05. The first kappa shape index (κ1) is 9.46. The number of ketones is 1. The number of likely N-dealkylation sites (tertiary alicyclic amines) is 1. The molecule has 12 heavy (non-hydrogen) atoms. The Labute approximate surface area is 74.2 Å². The third-order valence-corrected chi connectivity index (χ3v) is 2.26. The molecular formula is C10H17NO. The van der Waals surface area contributed by atoms with Gasteiger partial charge in [-0.25, -0.2) is 0 Å². The Morgan fingerprint density at radius 3 is 2.67 bits per heavy atom. The van der Waals surface area contributed by atoms with Gasteiger partial charge < -0.3 is 4.90 Å². The molecule has 0 radical (unpaired) electrons. The summed E-state index contributed by atoms with van der Waals surface area (Å²) in [6.07, 6.45) is 6.89. The highest BCUT2D eigenvalue weighted by Gasteiger charge is 2.14. The van der Waals surface area contributed by atoms with Crippen molar-refractivity contribution >= 4 is 5.78 Å². The van der Waals surface area contributed by atoms with E-state index in [0.717, 1.165) is 38.9 Å². The number of Topliss-reactive ketones (excluding diaryl/α,β-unsaturated/α-hetero) is 1. The van der Waals surface area contributed by atoms with Gasteiger partial charge in [-0.2, -0.15) is 0 Å². The van der Waals surface area contributed by atoms with Crippen LogP contribution in [0.3, 0.4) is 0 Å². The van der Waals surface area contributed by atoms with E-state index in [1.54, 1.807) is 0 Å². The van der Waals surface area contributed by atoms with Crippen molar-refractivity contribution in [1.82, 2.24) is 4.90 Å². The van der Waals surface area contributed by atoms with Crippen LogP contribution >= 0.6 is 0 Å². The van der Waals surface area contributed by atoms with Crippen LogP contribution in [0.1, 0.15) is 26.2 Å². The van der Waals surface area contributed by atoms with Crippen LogP contribution in [-0.4, -0.2) is 30.3 Å². The Bertz CT molecular complexity index is 165. The highest BCUT2D eigenvalue weighted by atomic mass is 16.1. The SMILES string of the molecule is C/C=C/CCN1CCC(=O)CC1. The van der Waals surface area contributed by atoms with Gasteiger partial charge in [0.1, 0.15) is 5.78 Å². The maximum absolute atomic E-state index is 10.9. The summed E-state index contributed by atoms with van der Waals surface area (Å²) in [4.78, 5) is 13.3. The average Bonchev–Trinajstić information content (AvgIpc) is 2.09. The van der Waals surface area contributed by atoms with E-state index in [1.807, 2.05) is 6.92 Å². The largest absolute Gasteiger partial charge is 0.302 e. The molecule has 0 bridgehead atoms. The molecule has 0 aromatic carbocycles. The van der Waals surface area contributed by atoms with Crippen LogP contribution in [0.4, 0.5) is 0 Å². The van der Waals surface area contributed by atoms with Gasteiger partial charge in [0.25, 0.3) is 0 Å². The van der Waals surface area contributed by atoms with E-state index in [1.165, 1.54) is 0 Å². The molecule has 68 valence electrons. The zero-order chi connectivity index (χ0) is 8.81. The predicted octanol–water partition coefficient (Wildman–Crippen LogP) is 1.62. The second kappa shape index (κ2) is 5.09. The molecule has 0 unspecified atom stereocenters. The molecule has 0 atom stereocenters. The minimum Gasteiger partial charge on any atom is -0.302 e. The number of carbonyl (C=O) groups excluding carboxylic acids is 1. The van der Waals surface area contributed by atoms with Crippen LogP contribution in [0.5, 0.6) is 0 Å². The number of carbonyl (C=O) groups is 1. The zero-order valence-corrected chi connectivity index (χ0v) is 7.75. The van der Waals surface area contributed by atoms with Crippen molar-refractivity contribution in [1.29, 1.82) is 0 Å². The van der Waals surface area contributed by atoms with Gasteiger partial charge in [0.15, 0.2) is 0 Å². The molecule has 0 saturated carbocycles. The first-order valence-electron chi connectivity index (χ1n) is 4.68. The van der Waals surface area contributed by atoms with Gasteiger partial charge in [0.05, 0.1) is 0 Å². The maximum Gasteiger partial charge on any atom is 0.135 e. The first-order chi connectivity index (χ1) is 5.83. The summed E-state index contributed by atoms with van der Waals surface area (Å²) in [5, 5.41) is 0. The Morgan fingerprint density at radius 1 is 1.42 bits per heavy atom. The van der Waals surface area contributed by atoms with Crippen molar-refractivity contribution in [2.45, 2.75) is 26.2 Å². The van der Waals surface area contributed by atoms with Gasteiger partial charge in [-0.3, -0.25) is 4.79 Å².